The van der Waals surface area contributed by atoms with E-state index >= 15 is 0 Å². The van der Waals surface area contributed by atoms with E-state index in [9.17, 15) is 9.18 Å². The predicted molar refractivity (Wildman–Crippen MR) is 97.0 cm³/mol. The Morgan fingerprint density at radius 2 is 1.88 bits per heavy atom. The highest BCUT2D eigenvalue weighted by Crippen LogP contribution is 2.49. The van der Waals surface area contributed by atoms with Gasteiger partial charge in [0.2, 0.25) is 5.91 Å². The van der Waals surface area contributed by atoms with Crippen LogP contribution >= 0.6 is 0 Å². The van der Waals surface area contributed by atoms with Gasteiger partial charge < -0.3 is 4.90 Å². The van der Waals surface area contributed by atoms with Gasteiger partial charge in [0, 0.05) is 18.5 Å². The van der Waals surface area contributed by atoms with E-state index in [4.69, 9.17) is 0 Å². The highest BCUT2D eigenvalue weighted by atomic mass is 19.1. The van der Waals surface area contributed by atoms with Crippen LogP contribution in [0.25, 0.3) is 5.69 Å². The Morgan fingerprint density at radius 3 is 2.42 bits per heavy atom. The quantitative estimate of drug-likeness (QED) is 0.826. The lowest BCUT2D eigenvalue weighted by Gasteiger charge is -2.47. The summed E-state index contributed by atoms with van der Waals surface area (Å²) in [5.41, 5.74) is 2.21. The average molecular weight is 356 g/mol. The standard InChI is InChI=1S/C20H25FN4O/c1-14(2)15-4-6-16(7-5-15)25-10-17(22-23-25)19(3)12-24(13-19)18(26)20(11-21)8-9-20/h4-7,10,14H,8-9,11-13H2,1-3H3. The van der Waals surface area contributed by atoms with Crippen molar-refractivity contribution >= 4 is 5.91 Å². The fraction of sp³-hybridized carbons (Fsp3) is 0.550. The third-order valence-corrected chi connectivity index (χ3v) is 5.87. The van der Waals surface area contributed by atoms with E-state index in [1.165, 1.54) is 5.56 Å². The maximum atomic E-state index is 13.1. The number of amides is 1. The number of likely N-dealkylation sites (tertiary alicyclic amines) is 1. The molecule has 0 spiro atoms. The van der Waals surface area contributed by atoms with E-state index in [0.717, 1.165) is 11.4 Å². The summed E-state index contributed by atoms with van der Waals surface area (Å²) in [6.45, 7) is 7.05. The van der Waals surface area contributed by atoms with Crippen LogP contribution in [-0.2, 0) is 10.2 Å². The Labute approximate surface area is 153 Å². The molecular formula is C20H25FN4O. The van der Waals surface area contributed by atoms with Crippen molar-refractivity contribution in [3.63, 3.8) is 0 Å². The third kappa shape index (κ3) is 2.72. The molecule has 1 aliphatic heterocycles. The van der Waals surface area contributed by atoms with Crippen molar-refractivity contribution in [3.05, 3.63) is 41.7 Å². The van der Waals surface area contributed by atoms with Crippen LogP contribution in [0.1, 0.15) is 50.8 Å². The lowest BCUT2D eigenvalue weighted by atomic mass is 9.78. The lowest BCUT2D eigenvalue weighted by molar-refractivity contribution is -0.145. The number of hydrogen-bond donors (Lipinski definition) is 0. The molecule has 0 radical (unpaired) electrons. The first-order valence-corrected chi connectivity index (χ1v) is 9.25. The maximum Gasteiger partial charge on any atom is 0.231 e. The molecule has 138 valence electrons. The topological polar surface area (TPSA) is 51.0 Å². The molecular weight excluding hydrogens is 331 g/mol. The summed E-state index contributed by atoms with van der Waals surface area (Å²) >= 11 is 0. The smallest absolute Gasteiger partial charge is 0.231 e. The Morgan fingerprint density at radius 1 is 1.23 bits per heavy atom. The number of hydrogen-bond acceptors (Lipinski definition) is 3. The van der Waals surface area contributed by atoms with Crippen LogP contribution in [0.4, 0.5) is 4.39 Å². The minimum atomic E-state index is -0.711. The van der Waals surface area contributed by atoms with Crippen molar-refractivity contribution in [1.82, 2.24) is 19.9 Å². The van der Waals surface area contributed by atoms with Gasteiger partial charge in [0.1, 0.15) is 6.67 Å². The van der Waals surface area contributed by atoms with Crippen molar-refractivity contribution in [2.24, 2.45) is 5.41 Å². The zero-order valence-corrected chi connectivity index (χ0v) is 15.6. The normalized spacial score (nSPS) is 20.1. The molecule has 4 rings (SSSR count). The molecule has 0 atom stereocenters. The van der Waals surface area contributed by atoms with Gasteiger partial charge in [-0.05, 0) is 36.5 Å². The summed E-state index contributed by atoms with van der Waals surface area (Å²) in [6.07, 6.45) is 3.30. The highest BCUT2D eigenvalue weighted by molar-refractivity contribution is 5.86. The molecule has 1 saturated heterocycles. The molecule has 2 fully saturated rings. The molecule has 0 N–H and O–H groups in total. The number of alkyl halides is 1. The van der Waals surface area contributed by atoms with Crippen molar-refractivity contribution in [2.45, 2.75) is 44.9 Å². The maximum absolute atomic E-state index is 13.1. The number of carbonyl (C=O) groups is 1. The second kappa shape index (κ2) is 5.89. The van der Waals surface area contributed by atoms with Crippen LogP contribution in [-0.4, -0.2) is 45.6 Å². The van der Waals surface area contributed by atoms with E-state index in [2.05, 4.69) is 43.2 Å². The Balaban J connectivity index is 1.46. The predicted octanol–water partition coefficient (Wildman–Crippen LogP) is 3.24. The Hall–Kier alpha value is -2.24. The van der Waals surface area contributed by atoms with Gasteiger partial charge in [0.25, 0.3) is 0 Å². The first-order valence-electron chi connectivity index (χ1n) is 9.25. The summed E-state index contributed by atoms with van der Waals surface area (Å²) in [5, 5.41) is 8.60. The molecule has 26 heavy (non-hydrogen) atoms. The molecule has 0 bridgehead atoms. The molecule has 2 aliphatic rings. The van der Waals surface area contributed by atoms with Crippen LogP contribution in [0.2, 0.25) is 0 Å². The van der Waals surface area contributed by atoms with E-state index in [0.29, 0.717) is 31.8 Å². The molecule has 5 nitrogen and oxygen atoms in total. The number of nitrogens with zero attached hydrogens (tertiary/aromatic N) is 4. The number of carbonyl (C=O) groups excluding carboxylic acids is 1. The van der Waals surface area contributed by atoms with Crippen molar-refractivity contribution < 1.29 is 9.18 Å². The third-order valence-electron chi connectivity index (χ3n) is 5.87. The van der Waals surface area contributed by atoms with E-state index in [1.54, 1.807) is 9.58 Å². The highest BCUT2D eigenvalue weighted by Gasteiger charge is 2.56. The van der Waals surface area contributed by atoms with Gasteiger partial charge >= 0.3 is 0 Å². The molecule has 1 aromatic heterocycles. The second-order valence-electron chi connectivity index (χ2n) is 8.43. The first-order chi connectivity index (χ1) is 12.4. The number of rotatable bonds is 5. The van der Waals surface area contributed by atoms with Crippen molar-refractivity contribution in [3.8, 4) is 5.69 Å². The van der Waals surface area contributed by atoms with Gasteiger partial charge in [-0.25, -0.2) is 9.07 Å². The Bertz CT molecular complexity index is 817. The first kappa shape index (κ1) is 17.2. The summed E-state index contributed by atoms with van der Waals surface area (Å²) in [6, 6.07) is 8.31. The SMILES string of the molecule is CC(C)c1ccc(-n2cc(C3(C)CN(C(=O)C4(CF)CC4)C3)nn2)cc1. The lowest BCUT2D eigenvalue weighted by Crippen LogP contribution is -2.61. The molecule has 1 saturated carbocycles. The minimum Gasteiger partial charge on any atom is -0.340 e. The Kier molecular flexibility index (Phi) is 3.90. The van der Waals surface area contributed by atoms with E-state index < -0.39 is 12.1 Å². The van der Waals surface area contributed by atoms with Crippen LogP contribution in [0.3, 0.4) is 0 Å². The molecule has 1 aliphatic carbocycles. The van der Waals surface area contributed by atoms with E-state index in [-0.39, 0.29) is 11.3 Å². The summed E-state index contributed by atoms with van der Waals surface area (Å²) in [5.74, 6) is 0.459. The number of halogens is 1. The van der Waals surface area contributed by atoms with Crippen LogP contribution < -0.4 is 0 Å². The second-order valence-corrected chi connectivity index (χ2v) is 8.43. The molecule has 2 aromatic rings. The summed E-state index contributed by atoms with van der Waals surface area (Å²) in [4.78, 5) is 14.2. The number of aromatic nitrogens is 3. The largest absolute Gasteiger partial charge is 0.340 e. The monoisotopic (exact) mass is 356 g/mol. The van der Waals surface area contributed by atoms with E-state index in [1.807, 2.05) is 18.3 Å². The fourth-order valence-corrected chi connectivity index (χ4v) is 3.67. The van der Waals surface area contributed by atoms with Gasteiger partial charge in [-0.3, -0.25) is 4.79 Å². The van der Waals surface area contributed by atoms with Crippen LogP contribution in [0.5, 0.6) is 0 Å². The number of benzene rings is 1. The summed E-state index contributed by atoms with van der Waals surface area (Å²) < 4.78 is 14.9. The van der Waals surface area contributed by atoms with Gasteiger partial charge in [-0.2, -0.15) is 0 Å². The molecule has 1 amide bonds. The van der Waals surface area contributed by atoms with Crippen LogP contribution in [0.15, 0.2) is 30.5 Å². The zero-order chi connectivity index (χ0) is 18.5. The van der Waals surface area contributed by atoms with Crippen molar-refractivity contribution in [2.75, 3.05) is 19.8 Å². The van der Waals surface area contributed by atoms with Gasteiger partial charge in [0.05, 0.1) is 23.0 Å². The van der Waals surface area contributed by atoms with Gasteiger partial charge in [-0.1, -0.05) is 38.1 Å². The molecule has 6 heteroatoms. The minimum absolute atomic E-state index is 0.0332. The van der Waals surface area contributed by atoms with Gasteiger partial charge in [0.15, 0.2) is 0 Å². The van der Waals surface area contributed by atoms with Crippen LogP contribution in [0, 0.1) is 5.41 Å². The molecule has 0 unspecified atom stereocenters. The zero-order valence-electron chi connectivity index (χ0n) is 15.6. The molecule has 1 aromatic carbocycles. The summed E-state index contributed by atoms with van der Waals surface area (Å²) in [7, 11) is 0. The average Bonchev–Trinajstić information content (AvgIpc) is 3.26. The molecule has 2 heterocycles. The van der Waals surface area contributed by atoms with Gasteiger partial charge in [-0.15, -0.1) is 5.10 Å². The fourth-order valence-electron chi connectivity index (χ4n) is 3.67. The van der Waals surface area contributed by atoms with Crippen molar-refractivity contribution in [1.29, 1.82) is 0 Å².